The van der Waals surface area contributed by atoms with Crippen molar-refractivity contribution in [3.63, 3.8) is 0 Å². The van der Waals surface area contributed by atoms with Crippen molar-refractivity contribution >= 4 is 11.9 Å². The Morgan fingerprint density at radius 1 is 1.20 bits per heavy atom. The van der Waals surface area contributed by atoms with Crippen molar-refractivity contribution < 1.29 is 14.7 Å². The summed E-state index contributed by atoms with van der Waals surface area (Å²) in [5, 5.41) is 9.51. The Hall–Kier alpha value is -1.06. The second-order valence-electron chi connectivity index (χ2n) is 6.38. The molecule has 2 aliphatic rings. The first kappa shape index (κ1) is 15.3. The maximum absolute atomic E-state index is 12.4. The lowest BCUT2D eigenvalue weighted by Gasteiger charge is -2.34. The van der Waals surface area contributed by atoms with E-state index in [0.29, 0.717) is 31.7 Å². The van der Waals surface area contributed by atoms with E-state index in [2.05, 4.69) is 0 Å². The largest absolute Gasteiger partial charge is 0.479 e. The van der Waals surface area contributed by atoms with E-state index >= 15 is 0 Å². The van der Waals surface area contributed by atoms with Gasteiger partial charge in [0.2, 0.25) is 5.91 Å². The van der Waals surface area contributed by atoms with E-state index in [4.69, 9.17) is 0 Å². The molecule has 1 aliphatic carbocycles. The summed E-state index contributed by atoms with van der Waals surface area (Å²) in [5.41, 5.74) is -0.927. The van der Waals surface area contributed by atoms with Gasteiger partial charge in [-0.2, -0.15) is 0 Å². The van der Waals surface area contributed by atoms with Crippen LogP contribution in [0.25, 0.3) is 0 Å². The molecule has 1 amide bonds. The van der Waals surface area contributed by atoms with E-state index in [-0.39, 0.29) is 5.91 Å². The number of nitrogens with zero attached hydrogens (tertiary/aromatic N) is 1. The van der Waals surface area contributed by atoms with Crippen molar-refractivity contribution in [1.82, 2.24) is 4.90 Å². The Labute approximate surface area is 121 Å². The highest BCUT2D eigenvalue weighted by Gasteiger charge is 2.48. The number of carbonyl (C=O) groups is 2. The smallest absolute Gasteiger partial charge is 0.329 e. The van der Waals surface area contributed by atoms with Gasteiger partial charge >= 0.3 is 5.97 Å². The lowest BCUT2D eigenvalue weighted by atomic mass is 9.85. The molecule has 4 nitrogen and oxygen atoms in total. The second-order valence-corrected chi connectivity index (χ2v) is 6.38. The molecular formula is C16H27NO3. The number of amides is 1. The standard InChI is InChI=1S/C16H27NO3/c1-2-16(15(19)20)11-6-12-17(16)14(18)10-9-13-7-4-3-5-8-13/h13H,2-12H2,1H3,(H,19,20). The first-order valence-corrected chi connectivity index (χ1v) is 8.14. The van der Waals surface area contributed by atoms with Gasteiger partial charge in [-0.3, -0.25) is 4.79 Å². The first-order valence-electron chi connectivity index (χ1n) is 8.14. The fraction of sp³-hybridized carbons (Fsp3) is 0.875. The molecule has 2 rings (SSSR count). The van der Waals surface area contributed by atoms with Gasteiger partial charge < -0.3 is 10.0 Å². The van der Waals surface area contributed by atoms with Gasteiger partial charge in [-0.15, -0.1) is 0 Å². The summed E-state index contributed by atoms with van der Waals surface area (Å²) in [6.45, 7) is 2.49. The summed E-state index contributed by atoms with van der Waals surface area (Å²) < 4.78 is 0. The van der Waals surface area contributed by atoms with Crippen molar-refractivity contribution in [3.05, 3.63) is 0 Å². The predicted molar refractivity (Wildman–Crippen MR) is 77.4 cm³/mol. The van der Waals surface area contributed by atoms with Gasteiger partial charge in [0, 0.05) is 13.0 Å². The Morgan fingerprint density at radius 2 is 1.90 bits per heavy atom. The van der Waals surface area contributed by atoms with Gasteiger partial charge in [-0.05, 0) is 31.6 Å². The van der Waals surface area contributed by atoms with Crippen molar-refractivity contribution in [2.75, 3.05) is 6.54 Å². The number of aliphatic carboxylic acids is 1. The molecule has 0 radical (unpaired) electrons. The fourth-order valence-corrected chi connectivity index (χ4v) is 3.92. The molecule has 1 N–H and O–H groups in total. The van der Waals surface area contributed by atoms with Gasteiger partial charge in [-0.1, -0.05) is 39.0 Å². The summed E-state index contributed by atoms with van der Waals surface area (Å²) in [7, 11) is 0. The molecule has 1 saturated carbocycles. The molecule has 114 valence electrons. The van der Waals surface area contributed by atoms with Crippen LogP contribution in [0.2, 0.25) is 0 Å². The van der Waals surface area contributed by atoms with E-state index in [0.717, 1.165) is 12.8 Å². The normalized spacial score (nSPS) is 27.8. The van der Waals surface area contributed by atoms with Crippen LogP contribution in [0.1, 0.15) is 71.1 Å². The SMILES string of the molecule is CCC1(C(=O)O)CCCN1C(=O)CCC1CCCCC1. The zero-order valence-electron chi connectivity index (χ0n) is 12.6. The summed E-state index contributed by atoms with van der Waals surface area (Å²) in [6.07, 6.45) is 9.78. The number of hydrogen-bond acceptors (Lipinski definition) is 2. The zero-order valence-corrected chi connectivity index (χ0v) is 12.6. The monoisotopic (exact) mass is 281 g/mol. The van der Waals surface area contributed by atoms with Gasteiger partial charge in [0.15, 0.2) is 0 Å². The molecule has 1 unspecified atom stereocenters. The molecule has 0 aromatic carbocycles. The molecule has 1 atom stereocenters. The zero-order chi connectivity index (χ0) is 14.6. The minimum atomic E-state index is -0.927. The van der Waals surface area contributed by atoms with Gasteiger partial charge in [0.1, 0.15) is 5.54 Å². The second kappa shape index (κ2) is 6.59. The molecule has 1 heterocycles. The molecule has 4 heteroatoms. The third-order valence-electron chi connectivity index (χ3n) is 5.26. The summed E-state index contributed by atoms with van der Waals surface area (Å²) in [5.74, 6) is -0.100. The lowest BCUT2D eigenvalue weighted by Crippen LogP contribution is -2.52. The van der Waals surface area contributed by atoms with Crippen LogP contribution in [-0.2, 0) is 9.59 Å². The molecule has 0 bridgehead atoms. The van der Waals surface area contributed by atoms with E-state index in [1.54, 1.807) is 4.90 Å². The average molecular weight is 281 g/mol. The van der Waals surface area contributed by atoms with Crippen molar-refractivity contribution in [2.45, 2.75) is 76.7 Å². The minimum absolute atomic E-state index is 0.0531. The third-order valence-corrected chi connectivity index (χ3v) is 5.26. The number of likely N-dealkylation sites (tertiary alicyclic amines) is 1. The quantitative estimate of drug-likeness (QED) is 0.842. The fourth-order valence-electron chi connectivity index (χ4n) is 3.92. The van der Waals surface area contributed by atoms with Crippen LogP contribution in [-0.4, -0.2) is 34.0 Å². The van der Waals surface area contributed by atoms with Crippen LogP contribution in [0.3, 0.4) is 0 Å². The van der Waals surface area contributed by atoms with Crippen LogP contribution >= 0.6 is 0 Å². The van der Waals surface area contributed by atoms with Crippen molar-refractivity contribution in [2.24, 2.45) is 5.92 Å². The third kappa shape index (κ3) is 2.99. The van der Waals surface area contributed by atoms with E-state index < -0.39 is 11.5 Å². The maximum atomic E-state index is 12.4. The highest BCUT2D eigenvalue weighted by molar-refractivity contribution is 5.87. The van der Waals surface area contributed by atoms with E-state index in [1.165, 1.54) is 32.1 Å². The van der Waals surface area contributed by atoms with Crippen molar-refractivity contribution in [3.8, 4) is 0 Å². The van der Waals surface area contributed by atoms with Gasteiger partial charge in [0.05, 0.1) is 0 Å². The molecular weight excluding hydrogens is 254 g/mol. The lowest BCUT2D eigenvalue weighted by molar-refractivity contribution is -0.157. The van der Waals surface area contributed by atoms with Crippen LogP contribution in [0.15, 0.2) is 0 Å². The maximum Gasteiger partial charge on any atom is 0.329 e. The molecule has 2 fully saturated rings. The van der Waals surface area contributed by atoms with Gasteiger partial charge in [0.25, 0.3) is 0 Å². The summed E-state index contributed by atoms with van der Waals surface area (Å²) in [4.78, 5) is 25.7. The van der Waals surface area contributed by atoms with E-state index in [1.807, 2.05) is 6.92 Å². The molecule has 1 saturated heterocycles. The van der Waals surface area contributed by atoms with Crippen LogP contribution in [0.5, 0.6) is 0 Å². The van der Waals surface area contributed by atoms with E-state index in [9.17, 15) is 14.7 Å². The average Bonchev–Trinajstić information content (AvgIpc) is 2.91. The molecule has 0 spiro atoms. The Bertz CT molecular complexity index is 363. The highest BCUT2D eigenvalue weighted by atomic mass is 16.4. The molecule has 0 aromatic rings. The number of carboxylic acid groups (broad SMARTS) is 1. The Kier molecular flexibility index (Phi) is 5.06. The molecule has 0 aromatic heterocycles. The van der Waals surface area contributed by atoms with Gasteiger partial charge in [-0.25, -0.2) is 4.79 Å². The minimum Gasteiger partial charge on any atom is -0.479 e. The van der Waals surface area contributed by atoms with Crippen LogP contribution in [0, 0.1) is 5.92 Å². The number of rotatable bonds is 5. The number of carbonyl (C=O) groups excluding carboxylic acids is 1. The predicted octanol–water partition coefficient (Wildman–Crippen LogP) is 3.20. The molecule has 1 aliphatic heterocycles. The summed E-state index contributed by atoms with van der Waals surface area (Å²) >= 11 is 0. The summed E-state index contributed by atoms with van der Waals surface area (Å²) in [6, 6.07) is 0. The number of hydrogen-bond donors (Lipinski definition) is 1. The highest BCUT2D eigenvalue weighted by Crippen LogP contribution is 2.34. The Balaban J connectivity index is 1.92. The topological polar surface area (TPSA) is 57.6 Å². The molecule has 20 heavy (non-hydrogen) atoms. The van der Waals surface area contributed by atoms with Crippen molar-refractivity contribution in [1.29, 1.82) is 0 Å². The first-order chi connectivity index (χ1) is 9.60. The number of carboxylic acids is 1. The van der Waals surface area contributed by atoms with Crippen LogP contribution < -0.4 is 0 Å². The Morgan fingerprint density at radius 3 is 2.50 bits per heavy atom. The van der Waals surface area contributed by atoms with Crippen LogP contribution in [0.4, 0.5) is 0 Å².